The Morgan fingerprint density at radius 2 is 1.43 bits per heavy atom. The first-order valence-corrected chi connectivity index (χ1v) is 0.565. The molecule has 4 nitrogen and oxygen atoms in total. The molecule has 0 heterocycles. The van der Waals surface area contributed by atoms with Gasteiger partial charge in [-0.25, -0.2) is 0 Å². The average Bonchev–Trinajstić information content (AvgIpc) is 0.811. The molecule has 0 aliphatic rings. The third-order valence-electron chi connectivity index (χ3n) is 0. The minimum Gasteiger partial charge on any atom is -1.00 e. The third kappa shape index (κ3) is 763. The van der Waals surface area contributed by atoms with E-state index in [1.807, 2.05) is 0 Å². The van der Waals surface area contributed by atoms with Gasteiger partial charge in [-0.3, -0.25) is 0 Å². The SMILES string of the molecule is O=[N+]([O-])O.[Cl-].[Cl-].[Zn+2]. The van der Waals surface area contributed by atoms with Gasteiger partial charge in [0.1, 0.15) is 0 Å². The van der Waals surface area contributed by atoms with Crippen LogP contribution >= 0.6 is 0 Å². The van der Waals surface area contributed by atoms with Crippen LogP contribution < -0.4 is 24.8 Å². The molecular formula is HCl2NO3Zn. The maximum absolute atomic E-state index is 8.36. The van der Waals surface area contributed by atoms with Crippen molar-refractivity contribution in [3.05, 3.63) is 10.1 Å². The van der Waals surface area contributed by atoms with Gasteiger partial charge in [-0.2, -0.15) is 0 Å². The van der Waals surface area contributed by atoms with Crippen LogP contribution in [0.25, 0.3) is 0 Å². The van der Waals surface area contributed by atoms with Crippen molar-refractivity contribution in [2.75, 3.05) is 0 Å². The van der Waals surface area contributed by atoms with E-state index in [0.717, 1.165) is 0 Å². The maximum Gasteiger partial charge on any atom is 2.00 e. The molecule has 0 amide bonds. The fraction of sp³-hybridized carbons (Fsp3) is 0. The number of rotatable bonds is 0. The Kier molecular flexibility index (Phi) is 60.4. The Bertz CT molecular complexity index is 35.9. The zero-order chi connectivity index (χ0) is 3.58. The molecule has 0 spiro atoms. The van der Waals surface area contributed by atoms with Gasteiger partial charge in [0.2, 0.25) is 0 Å². The van der Waals surface area contributed by atoms with Crippen molar-refractivity contribution in [1.29, 1.82) is 0 Å². The summed E-state index contributed by atoms with van der Waals surface area (Å²) in [5.41, 5.74) is 0. The summed E-state index contributed by atoms with van der Waals surface area (Å²) in [6, 6.07) is 0. The van der Waals surface area contributed by atoms with E-state index >= 15 is 0 Å². The van der Waals surface area contributed by atoms with Crippen LogP contribution in [0.15, 0.2) is 0 Å². The first-order chi connectivity index (χ1) is 1.73. The van der Waals surface area contributed by atoms with E-state index in [-0.39, 0.29) is 44.3 Å². The molecule has 0 saturated heterocycles. The van der Waals surface area contributed by atoms with E-state index < -0.39 is 5.09 Å². The predicted molar refractivity (Wildman–Crippen MR) is 8.78 cm³/mol. The van der Waals surface area contributed by atoms with E-state index in [1.54, 1.807) is 0 Å². The van der Waals surface area contributed by atoms with Crippen molar-refractivity contribution in [2.24, 2.45) is 0 Å². The number of hydrogen-bond donors (Lipinski definition) is 1. The molecule has 0 aliphatic carbocycles. The van der Waals surface area contributed by atoms with Crippen LogP contribution in [0.5, 0.6) is 0 Å². The Labute approximate surface area is 65.0 Å². The zero-order valence-electron chi connectivity index (χ0n) is 3.17. The van der Waals surface area contributed by atoms with Crippen LogP contribution in [0.3, 0.4) is 0 Å². The molecule has 0 radical (unpaired) electrons. The fourth-order valence-electron chi connectivity index (χ4n) is 0. The third-order valence-corrected chi connectivity index (χ3v) is 0. The number of hydrogen-bond acceptors (Lipinski definition) is 2. The molecule has 1 N–H and O–H groups in total. The van der Waals surface area contributed by atoms with Gasteiger partial charge in [0.25, 0.3) is 5.09 Å². The van der Waals surface area contributed by atoms with Crippen LogP contribution in [0.2, 0.25) is 0 Å². The number of halogens is 2. The van der Waals surface area contributed by atoms with Gasteiger partial charge in [-0.15, -0.1) is 10.1 Å². The Morgan fingerprint density at radius 1 is 1.43 bits per heavy atom. The van der Waals surface area contributed by atoms with Gasteiger partial charge >= 0.3 is 19.5 Å². The fourth-order valence-corrected chi connectivity index (χ4v) is 0. The standard InChI is InChI=1S/2ClH.HNO3.Zn/c;;2-1(3)4;/h2*1H;(H,2,3,4);/q;;;+2/p-2. The molecule has 0 bridgehead atoms. The summed E-state index contributed by atoms with van der Waals surface area (Å²) in [6.45, 7) is 0. The van der Waals surface area contributed by atoms with Crippen molar-refractivity contribution in [3.63, 3.8) is 0 Å². The molecule has 7 heavy (non-hydrogen) atoms. The molecule has 0 rings (SSSR count). The first-order valence-electron chi connectivity index (χ1n) is 0.565. The summed E-state index contributed by atoms with van der Waals surface area (Å²) < 4.78 is 0. The second-order valence-corrected chi connectivity index (χ2v) is 0.238. The minimum atomic E-state index is -1.50. The largest absolute Gasteiger partial charge is 2.00 e. The Morgan fingerprint density at radius 3 is 1.43 bits per heavy atom. The zero-order valence-corrected chi connectivity index (χ0v) is 7.65. The second-order valence-electron chi connectivity index (χ2n) is 0.238. The molecule has 0 aromatic carbocycles. The predicted octanol–water partition coefficient (Wildman–Crippen LogP) is -6.34. The quantitative estimate of drug-likeness (QED) is 0.240. The minimum absolute atomic E-state index is 0. The number of nitrogens with zero attached hydrogens (tertiary/aromatic N) is 1. The molecule has 7 heteroatoms. The normalized spacial score (nSPS) is 3.43. The van der Waals surface area contributed by atoms with Crippen LogP contribution in [-0.2, 0) is 19.5 Å². The average molecular weight is 199 g/mol. The molecule has 0 aromatic rings. The summed E-state index contributed by atoms with van der Waals surface area (Å²) in [6.07, 6.45) is 0. The van der Waals surface area contributed by atoms with E-state index in [9.17, 15) is 0 Å². The molecule has 0 saturated carbocycles. The molecule has 40 valence electrons. The molecule has 0 fully saturated rings. The van der Waals surface area contributed by atoms with Crippen molar-refractivity contribution in [3.8, 4) is 0 Å². The summed E-state index contributed by atoms with van der Waals surface area (Å²) in [5.74, 6) is 0. The van der Waals surface area contributed by atoms with E-state index in [0.29, 0.717) is 0 Å². The van der Waals surface area contributed by atoms with Crippen molar-refractivity contribution in [1.82, 2.24) is 0 Å². The van der Waals surface area contributed by atoms with Crippen molar-refractivity contribution >= 4 is 0 Å². The van der Waals surface area contributed by atoms with Gasteiger partial charge in [0, 0.05) is 0 Å². The smallest absolute Gasteiger partial charge is 1.00 e. The van der Waals surface area contributed by atoms with Crippen LogP contribution in [-0.4, -0.2) is 10.3 Å². The van der Waals surface area contributed by atoms with Crippen molar-refractivity contribution in [2.45, 2.75) is 0 Å². The summed E-state index contributed by atoms with van der Waals surface area (Å²) in [7, 11) is 0. The van der Waals surface area contributed by atoms with E-state index in [4.69, 9.17) is 15.3 Å². The van der Waals surface area contributed by atoms with Crippen LogP contribution in [0, 0.1) is 10.1 Å². The Hall–Kier alpha value is 0.403. The Balaban J connectivity index is -0.0000000150. The van der Waals surface area contributed by atoms with Crippen LogP contribution in [0.4, 0.5) is 0 Å². The van der Waals surface area contributed by atoms with Crippen LogP contribution in [0.1, 0.15) is 0 Å². The van der Waals surface area contributed by atoms with Gasteiger partial charge < -0.3 is 30.0 Å². The van der Waals surface area contributed by atoms with Gasteiger partial charge in [-0.1, -0.05) is 0 Å². The van der Waals surface area contributed by atoms with Gasteiger partial charge in [-0.05, 0) is 0 Å². The topological polar surface area (TPSA) is 63.4 Å². The molecule has 0 unspecified atom stereocenters. The summed E-state index contributed by atoms with van der Waals surface area (Å²) in [5, 5.41) is 13.6. The first kappa shape index (κ1) is 26.2. The van der Waals surface area contributed by atoms with Gasteiger partial charge in [0.05, 0.1) is 0 Å². The van der Waals surface area contributed by atoms with Crippen molar-refractivity contribution < 1.29 is 54.6 Å². The maximum atomic E-state index is 8.36. The van der Waals surface area contributed by atoms with Gasteiger partial charge in [0.15, 0.2) is 0 Å². The summed E-state index contributed by atoms with van der Waals surface area (Å²) in [4.78, 5) is 8.36. The molecular weight excluding hydrogens is 198 g/mol. The van der Waals surface area contributed by atoms with E-state index in [2.05, 4.69) is 0 Å². The molecule has 0 atom stereocenters. The summed E-state index contributed by atoms with van der Waals surface area (Å²) >= 11 is 0. The monoisotopic (exact) mass is 197 g/mol. The second kappa shape index (κ2) is 16.1. The van der Waals surface area contributed by atoms with E-state index in [1.165, 1.54) is 0 Å². The molecule has 0 aliphatic heterocycles. The molecule has 0 aromatic heterocycles.